The minimum Gasteiger partial charge on any atom is -0.494 e. The van der Waals surface area contributed by atoms with E-state index in [9.17, 15) is 14.9 Å². The van der Waals surface area contributed by atoms with E-state index < -0.39 is 4.92 Å². The van der Waals surface area contributed by atoms with E-state index in [0.29, 0.717) is 18.6 Å². The van der Waals surface area contributed by atoms with Gasteiger partial charge in [0.2, 0.25) is 0 Å². The van der Waals surface area contributed by atoms with E-state index in [1.165, 1.54) is 18.2 Å². The van der Waals surface area contributed by atoms with Gasteiger partial charge in [-0.25, -0.2) is 4.98 Å². The highest BCUT2D eigenvalue weighted by molar-refractivity contribution is 5.82. The number of imidazole rings is 1. The topological polar surface area (TPSA) is 87.3 Å². The largest absolute Gasteiger partial charge is 0.494 e. The maximum Gasteiger partial charge on any atom is 0.280 e. The summed E-state index contributed by atoms with van der Waals surface area (Å²) >= 11 is 0. The zero-order chi connectivity index (χ0) is 15.1. The van der Waals surface area contributed by atoms with Crippen molar-refractivity contribution in [3.05, 3.63) is 52.6 Å². The smallest absolute Gasteiger partial charge is 0.280 e. The van der Waals surface area contributed by atoms with Gasteiger partial charge in [0.25, 0.3) is 5.69 Å². The van der Waals surface area contributed by atoms with Crippen molar-refractivity contribution in [1.82, 2.24) is 9.55 Å². The van der Waals surface area contributed by atoms with Crippen LogP contribution in [0.3, 0.4) is 0 Å². The lowest BCUT2D eigenvalue weighted by Gasteiger charge is -2.07. The first-order valence-electron chi connectivity index (χ1n) is 6.53. The van der Waals surface area contributed by atoms with E-state index >= 15 is 0 Å². The zero-order valence-electron chi connectivity index (χ0n) is 11.3. The number of benzene rings is 1. The Morgan fingerprint density at radius 3 is 2.90 bits per heavy atom. The molecule has 0 bridgehead atoms. The van der Waals surface area contributed by atoms with Crippen LogP contribution in [0.1, 0.15) is 23.2 Å². The summed E-state index contributed by atoms with van der Waals surface area (Å²) in [7, 11) is 0. The van der Waals surface area contributed by atoms with Gasteiger partial charge in [0, 0.05) is 25.0 Å². The molecule has 0 unspecified atom stereocenters. The van der Waals surface area contributed by atoms with Crippen LogP contribution >= 0.6 is 0 Å². The van der Waals surface area contributed by atoms with Gasteiger partial charge >= 0.3 is 0 Å². The third kappa shape index (κ3) is 4.13. The van der Waals surface area contributed by atoms with Crippen LogP contribution in [0, 0.1) is 10.1 Å². The fourth-order valence-electron chi connectivity index (χ4n) is 1.89. The van der Waals surface area contributed by atoms with Crippen LogP contribution in [-0.2, 0) is 6.54 Å². The lowest BCUT2D eigenvalue weighted by atomic mass is 10.2. The van der Waals surface area contributed by atoms with Crippen LogP contribution in [0.15, 0.2) is 36.9 Å². The van der Waals surface area contributed by atoms with Gasteiger partial charge in [-0.3, -0.25) is 14.9 Å². The van der Waals surface area contributed by atoms with Crippen molar-refractivity contribution in [1.29, 1.82) is 0 Å². The molecule has 0 saturated carbocycles. The average Bonchev–Trinajstić information content (AvgIpc) is 2.99. The van der Waals surface area contributed by atoms with E-state index in [-0.39, 0.29) is 11.3 Å². The lowest BCUT2D eigenvalue weighted by Crippen LogP contribution is -2.02. The molecule has 0 spiro atoms. The monoisotopic (exact) mass is 289 g/mol. The Bertz CT molecular complexity index is 611. The molecule has 0 atom stereocenters. The summed E-state index contributed by atoms with van der Waals surface area (Å²) < 4.78 is 7.48. The quantitative estimate of drug-likeness (QED) is 0.322. The standard InChI is InChI=1S/C14H15N3O4/c18-10-12-9-13(3-4-14(12)17(19)20)21-8-2-1-6-16-7-5-15-11-16/h3-5,7,9-11H,1-2,6,8H2. The first-order chi connectivity index (χ1) is 10.2. The molecule has 1 heterocycles. The fraction of sp³-hybridized carbons (Fsp3) is 0.286. The number of hydrogen-bond donors (Lipinski definition) is 0. The maximum atomic E-state index is 10.8. The Morgan fingerprint density at radius 2 is 2.24 bits per heavy atom. The number of nitro groups is 1. The van der Waals surface area contributed by atoms with Crippen molar-refractivity contribution in [2.75, 3.05) is 6.61 Å². The molecule has 0 aliphatic heterocycles. The minimum absolute atomic E-state index is 0.0240. The first-order valence-corrected chi connectivity index (χ1v) is 6.53. The number of ether oxygens (including phenoxy) is 1. The predicted octanol–water partition coefficient (Wildman–Crippen LogP) is 2.46. The molecule has 0 aliphatic rings. The number of unbranched alkanes of at least 4 members (excludes halogenated alkanes) is 1. The van der Waals surface area contributed by atoms with Crippen LogP contribution in [0.5, 0.6) is 5.75 Å². The SMILES string of the molecule is O=Cc1cc(OCCCCn2ccnc2)ccc1[N+](=O)[O-]. The van der Waals surface area contributed by atoms with Gasteiger partial charge in [-0.2, -0.15) is 0 Å². The van der Waals surface area contributed by atoms with Crippen molar-refractivity contribution in [2.45, 2.75) is 19.4 Å². The van der Waals surface area contributed by atoms with Crippen LogP contribution in [0.25, 0.3) is 0 Å². The second-order valence-corrected chi connectivity index (χ2v) is 4.45. The van der Waals surface area contributed by atoms with Crippen molar-refractivity contribution in [2.24, 2.45) is 0 Å². The molecule has 7 heteroatoms. The van der Waals surface area contributed by atoms with Crippen molar-refractivity contribution < 1.29 is 14.5 Å². The summed E-state index contributed by atoms with van der Waals surface area (Å²) in [5.74, 6) is 0.463. The van der Waals surface area contributed by atoms with E-state index in [0.717, 1.165) is 19.4 Å². The summed E-state index contributed by atoms with van der Waals surface area (Å²) in [4.78, 5) is 24.9. The fourth-order valence-corrected chi connectivity index (χ4v) is 1.89. The Kier molecular flexibility index (Phi) is 5.03. The van der Waals surface area contributed by atoms with Crippen LogP contribution in [-0.4, -0.2) is 27.4 Å². The second kappa shape index (κ2) is 7.18. The summed E-state index contributed by atoms with van der Waals surface area (Å²) in [6.45, 7) is 1.36. The summed E-state index contributed by atoms with van der Waals surface area (Å²) in [5.41, 5.74) is -0.187. The highest BCUT2D eigenvalue weighted by Crippen LogP contribution is 2.22. The summed E-state index contributed by atoms with van der Waals surface area (Å²) in [6, 6.07) is 4.17. The zero-order valence-corrected chi connectivity index (χ0v) is 11.3. The molecule has 0 amide bonds. The Hall–Kier alpha value is -2.70. The Morgan fingerprint density at radius 1 is 1.38 bits per heavy atom. The molecule has 2 rings (SSSR count). The molecule has 0 fully saturated rings. The number of carbonyl (C=O) groups is 1. The molecular weight excluding hydrogens is 274 g/mol. The van der Waals surface area contributed by atoms with Gasteiger partial charge in [-0.05, 0) is 25.0 Å². The number of aldehydes is 1. The van der Waals surface area contributed by atoms with Crippen LogP contribution in [0.4, 0.5) is 5.69 Å². The van der Waals surface area contributed by atoms with E-state index in [4.69, 9.17) is 4.74 Å². The molecule has 0 N–H and O–H groups in total. The molecule has 2 aromatic rings. The van der Waals surface area contributed by atoms with E-state index in [1.54, 1.807) is 12.5 Å². The number of nitrogens with zero attached hydrogens (tertiary/aromatic N) is 3. The Balaban J connectivity index is 1.80. The number of aryl methyl sites for hydroxylation is 1. The second-order valence-electron chi connectivity index (χ2n) is 4.45. The number of aromatic nitrogens is 2. The van der Waals surface area contributed by atoms with Gasteiger partial charge in [0.05, 0.1) is 23.4 Å². The number of nitro benzene ring substituents is 1. The number of hydrogen-bond acceptors (Lipinski definition) is 5. The summed E-state index contributed by atoms with van der Waals surface area (Å²) in [6.07, 6.45) is 7.62. The Labute approximate surface area is 121 Å². The molecule has 0 saturated heterocycles. The van der Waals surface area contributed by atoms with Crippen molar-refractivity contribution in [3.8, 4) is 5.75 Å². The molecule has 21 heavy (non-hydrogen) atoms. The average molecular weight is 289 g/mol. The minimum atomic E-state index is -0.585. The number of carbonyl (C=O) groups excluding carboxylic acids is 1. The molecule has 0 radical (unpaired) electrons. The molecule has 110 valence electrons. The molecule has 7 nitrogen and oxygen atoms in total. The van der Waals surface area contributed by atoms with E-state index in [2.05, 4.69) is 4.98 Å². The maximum absolute atomic E-state index is 10.8. The van der Waals surface area contributed by atoms with Crippen LogP contribution < -0.4 is 4.74 Å². The highest BCUT2D eigenvalue weighted by atomic mass is 16.6. The lowest BCUT2D eigenvalue weighted by molar-refractivity contribution is -0.385. The molecule has 1 aromatic carbocycles. The molecule has 0 aliphatic carbocycles. The van der Waals surface area contributed by atoms with Gasteiger partial charge in [-0.1, -0.05) is 0 Å². The normalized spacial score (nSPS) is 10.3. The molecule has 1 aromatic heterocycles. The van der Waals surface area contributed by atoms with Gasteiger partial charge < -0.3 is 9.30 Å². The predicted molar refractivity (Wildman–Crippen MR) is 75.4 cm³/mol. The van der Waals surface area contributed by atoms with Gasteiger partial charge in [0.1, 0.15) is 5.75 Å². The first kappa shape index (κ1) is 14.7. The van der Waals surface area contributed by atoms with Crippen molar-refractivity contribution in [3.63, 3.8) is 0 Å². The van der Waals surface area contributed by atoms with E-state index in [1.807, 2.05) is 10.8 Å². The summed E-state index contributed by atoms with van der Waals surface area (Å²) in [5, 5.41) is 10.7. The number of rotatable bonds is 8. The van der Waals surface area contributed by atoms with Crippen LogP contribution in [0.2, 0.25) is 0 Å². The van der Waals surface area contributed by atoms with Gasteiger partial charge in [-0.15, -0.1) is 0 Å². The highest BCUT2D eigenvalue weighted by Gasteiger charge is 2.13. The van der Waals surface area contributed by atoms with Crippen molar-refractivity contribution >= 4 is 12.0 Å². The molecular formula is C14H15N3O4. The van der Waals surface area contributed by atoms with Gasteiger partial charge in [0.15, 0.2) is 6.29 Å². The third-order valence-corrected chi connectivity index (χ3v) is 2.96. The third-order valence-electron chi connectivity index (χ3n) is 2.96.